The van der Waals surface area contributed by atoms with Crippen molar-refractivity contribution >= 4 is 5.91 Å². The molecule has 1 aromatic rings. The van der Waals surface area contributed by atoms with Crippen LogP contribution in [0.15, 0.2) is 18.3 Å². The first kappa shape index (κ1) is 20.2. The van der Waals surface area contributed by atoms with Gasteiger partial charge in [-0.1, -0.05) is 6.92 Å². The van der Waals surface area contributed by atoms with Crippen molar-refractivity contribution in [2.75, 3.05) is 52.9 Å². The monoisotopic (exact) mass is 374 g/mol. The molecule has 2 atom stereocenters. The molecule has 2 fully saturated rings. The molecule has 0 aromatic carbocycles. The molecule has 1 aromatic heterocycles. The number of carbonyl (C=O) groups excluding carboxylic acids is 1. The molecule has 0 bridgehead atoms. The maximum absolute atomic E-state index is 13.0. The highest BCUT2D eigenvalue weighted by atomic mass is 16.3. The summed E-state index contributed by atoms with van der Waals surface area (Å²) in [6.07, 6.45) is 5.40. The number of hydrogen-bond acceptors (Lipinski definition) is 5. The Morgan fingerprint density at radius 2 is 2.04 bits per heavy atom. The van der Waals surface area contributed by atoms with Crippen molar-refractivity contribution in [2.24, 2.45) is 5.92 Å². The van der Waals surface area contributed by atoms with Crippen LogP contribution in [0, 0.1) is 5.92 Å². The number of aromatic nitrogens is 1. The van der Waals surface area contributed by atoms with Gasteiger partial charge in [0.15, 0.2) is 0 Å². The highest BCUT2D eigenvalue weighted by Crippen LogP contribution is 2.28. The van der Waals surface area contributed by atoms with Crippen LogP contribution in [0.2, 0.25) is 0 Å². The number of amides is 1. The van der Waals surface area contributed by atoms with Crippen LogP contribution in [0.5, 0.6) is 0 Å². The summed E-state index contributed by atoms with van der Waals surface area (Å²) in [6.45, 7) is 8.33. The van der Waals surface area contributed by atoms with Crippen LogP contribution in [0.4, 0.5) is 0 Å². The van der Waals surface area contributed by atoms with Gasteiger partial charge in [0.2, 0.25) is 0 Å². The van der Waals surface area contributed by atoms with Crippen LogP contribution < -0.4 is 0 Å². The fourth-order valence-corrected chi connectivity index (χ4v) is 4.46. The number of aliphatic hydroxyl groups is 1. The van der Waals surface area contributed by atoms with Gasteiger partial charge >= 0.3 is 0 Å². The lowest BCUT2D eigenvalue weighted by Crippen LogP contribution is -2.56. The van der Waals surface area contributed by atoms with Gasteiger partial charge in [-0.2, -0.15) is 0 Å². The Bertz CT molecular complexity index is 616. The van der Waals surface area contributed by atoms with Gasteiger partial charge in [0.05, 0.1) is 0 Å². The third-order valence-corrected chi connectivity index (χ3v) is 6.15. The Morgan fingerprint density at radius 1 is 1.26 bits per heavy atom. The van der Waals surface area contributed by atoms with Crippen molar-refractivity contribution in [3.8, 4) is 0 Å². The number of aliphatic hydroxyl groups excluding tert-OH is 1. The minimum absolute atomic E-state index is 0.123. The number of rotatable bonds is 6. The van der Waals surface area contributed by atoms with Gasteiger partial charge in [0.1, 0.15) is 0 Å². The van der Waals surface area contributed by atoms with Crippen LogP contribution >= 0.6 is 0 Å². The first-order chi connectivity index (χ1) is 13.1. The van der Waals surface area contributed by atoms with Crippen LogP contribution in [0.3, 0.4) is 0 Å². The molecule has 0 unspecified atom stereocenters. The molecule has 3 rings (SSSR count). The molecule has 2 aliphatic rings. The molecule has 3 heterocycles. The molecular weight excluding hydrogens is 340 g/mol. The molecule has 0 spiro atoms. The van der Waals surface area contributed by atoms with Gasteiger partial charge in [0, 0.05) is 69.4 Å². The maximum atomic E-state index is 13.0. The molecule has 0 radical (unpaired) electrons. The number of pyridine rings is 1. The predicted octanol–water partition coefficient (Wildman–Crippen LogP) is 1.49. The van der Waals surface area contributed by atoms with Crippen LogP contribution in [-0.4, -0.2) is 89.7 Å². The van der Waals surface area contributed by atoms with Gasteiger partial charge < -0.3 is 14.9 Å². The molecule has 1 N–H and O–H groups in total. The molecule has 2 aliphatic heterocycles. The minimum Gasteiger partial charge on any atom is -0.396 e. The van der Waals surface area contributed by atoms with Crippen molar-refractivity contribution in [2.45, 2.75) is 38.6 Å². The highest BCUT2D eigenvalue weighted by molar-refractivity contribution is 5.94. The molecule has 0 saturated carbocycles. The normalized spacial score (nSPS) is 24.9. The van der Waals surface area contributed by atoms with E-state index in [9.17, 15) is 9.90 Å². The maximum Gasteiger partial charge on any atom is 0.253 e. The van der Waals surface area contributed by atoms with E-state index in [1.807, 2.05) is 17.0 Å². The first-order valence-corrected chi connectivity index (χ1v) is 10.4. The zero-order valence-electron chi connectivity index (χ0n) is 16.8. The second kappa shape index (κ2) is 9.62. The zero-order chi connectivity index (χ0) is 19.2. The number of carbonyl (C=O) groups is 1. The number of hydrogen-bond donors (Lipinski definition) is 1. The second-order valence-corrected chi connectivity index (χ2v) is 7.96. The number of likely N-dealkylation sites (N-methyl/N-ethyl adjacent to an activating group) is 1. The third-order valence-electron chi connectivity index (χ3n) is 6.15. The lowest BCUT2D eigenvalue weighted by molar-refractivity contribution is 0.0218. The van der Waals surface area contributed by atoms with Crippen molar-refractivity contribution in [3.05, 3.63) is 29.6 Å². The van der Waals surface area contributed by atoms with Gasteiger partial charge in [-0.25, -0.2) is 0 Å². The van der Waals surface area contributed by atoms with E-state index in [1.54, 1.807) is 6.20 Å². The average Bonchev–Trinajstić information content (AvgIpc) is 2.72. The Balaban J connectivity index is 1.68. The molecule has 6 nitrogen and oxygen atoms in total. The Morgan fingerprint density at radius 3 is 2.74 bits per heavy atom. The fourth-order valence-electron chi connectivity index (χ4n) is 4.46. The van der Waals surface area contributed by atoms with Crippen LogP contribution in [-0.2, 0) is 6.42 Å². The van der Waals surface area contributed by atoms with E-state index >= 15 is 0 Å². The molecular formula is C21H34N4O2. The van der Waals surface area contributed by atoms with Crippen molar-refractivity contribution < 1.29 is 9.90 Å². The van der Waals surface area contributed by atoms with Gasteiger partial charge in [0.25, 0.3) is 5.91 Å². The highest BCUT2D eigenvalue weighted by Gasteiger charge is 2.35. The molecule has 1 amide bonds. The summed E-state index contributed by atoms with van der Waals surface area (Å²) in [5.74, 6) is 0.559. The number of aryl methyl sites for hydroxylation is 1. The zero-order valence-corrected chi connectivity index (χ0v) is 16.8. The topological polar surface area (TPSA) is 59.9 Å². The molecule has 6 heteroatoms. The molecule has 27 heavy (non-hydrogen) atoms. The minimum atomic E-state index is 0.123. The summed E-state index contributed by atoms with van der Waals surface area (Å²) >= 11 is 0. The molecule has 0 aliphatic carbocycles. The van der Waals surface area contributed by atoms with Crippen LogP contribution in [0.25, 0.3) is 0 Å². The van der Waals surface area contributed by atoms with Crippen LogP contribution in [0.1, 0.15) is 42.2 Å². The van der Waals surface area contributed by atoms with E-state index < -0.39 is 0 Å². The molecule has 150 valence electrons. The summed E-state index contributed by atoms with van der Waals surface area (Å²) in [7, 11) is 2.18. The van der Waals surface area contributed by atoms with Gasteiger partial charge in [-0.3, -0.25) is 14.7 Å². The van der Waals surface area contributed by atoms with Crippen molar-refractivity contribution in [3.63, 3.8) is 0 Å². The average molecular weight is 375 g/mol. The van der Waals surface area contributed by atoms with Gasteiger partial charge in [-0.15, -0.1) is 0 Å². The van der Waals surface area contributed by atoms with Gasteiger partial charge in [-0.05, 0) is 50.8 Å². The van der Waals surface area contributed by atoms with E-state index in [2.05, 4.69) is 28.8 Å². The fraction of sp³-hybridized carbons (Fsp3) is 0.714. The standard InChI is InChI=1S/C21H34N4O2/c1-3-19-15-17(6-8-22-19)21(27)25-9-7-20(18(16-25)5-4-14-26)24-12-10-23(2)11-13-24/h6,8,15,18,20,26H,3-5,7,9-14,16H2,1-2H3/t18-,20+/m0/s1. The summed E-state index contributed by atoms with van der Waals surface area (Å²) in [5, 5.41) is 9.33. The Labute approximate surface area is 163 Å². The number of nitrogens with zero attached hydrogens (tertiary/aromatic N) is 4. The van der Waals surface area contributed by atoms with E-state index in [0.717, 1.165) is 76.2 Å². The second-order valence-electron chi connectivity index (χ2n) is 7.96. The third kappa shape index (κ3) is 5.06. The van der Waals surface area contributed by atoms with E-state index in [0.29, 0.717) is 12.0 Å². The van der Waals surface area contributed by atoms with E-state index in [-0.39, 0.29) is 12.5 Å². The first-order valence-electron chi connectivity index (χ1n) is 10.4. The largest absolute Gasteiger partial charge is 0.396 e. The number of piperidine rings is 1. The summed E-state index contributed by atoms with van der Waals surface area (Å²) in [5.41, 5.74) is 1.71. The lowest BCUT2D eigenvalue weighted by Gasteiger charge is -2.46. The SMILES string of the molecule is CCc1cc(C(=O)N2CC[C@@H](N3CCN(C)CC3)[C@@H](CCCO)C2)ccn1. The summed E-state index contributed by atoms with van der Waals surface area (Å²) in [6, 6.07) is 4.28. The number of likely N-dealkylation sites (tertiary alicyclic amines) is 1. The molecule has 2 saturated heterocycles. The lowest BCUT2D eigenvalue weighted by atomic mass is 9.86. The quantitative estimate of drug-likeness (QED) is 0.818. The summed E-state index contributed by atoms with van der Waals surface area (Å²) in [4.78, 5) is 24.4. The predicted molar refractivity (Wildman–Crippen MR) is 107 cm³/mol. The van der Waals surface area contributed by atoms with Crippen molar-refractivity contribution in [1.82, 2.24) is 19.7 Å². The van der Waals surface area contributed by atoms with Crippen molar-refractivity contribution in [1.29, 1.82) is 0 Å². The van der Waals surface area contributed by atoms with E-state index in [4.69, 9.17) is 0 Å². The summed E-state index contributed by atoms with van der Waals surface area (Å²) < 4.78 is 0. The number of piperazine rings is 1. The Kier molecular flexibility index (Phi) is 7.21. The van der Waals surface area contributed by atoms with E-state index in [1.165, 1.54) is 0 Å². The Hall–Kier alpha value is -1.50. The smallest absolute Gasteiger partial charge is 0.253 e.